The minimum Gasteiger partial charge on any atom is -0.569 e. The lowest BCUT2D eigenvalue weighted by Crippen LogP contribution is -2.37. The molecule has 0 spiro atoms. The van der Waals surface area contributed by atoms with E-state index >= 15 is 0 Å². The second kappa shape index (κ2) is 14.7. The molecule has 3 aromatic rings. The van der Waals surface area contributed by atoms with E-state index in [4.69, 9.17) is 14.3 Å². The van der Waals surface area contributed by atoms with Gasteiger partial charge in [0.1, 0.15) is 13.2 Å². The van der Waals surface area contributed by atoms with Crippen molar-refractivity contribution in [2.24, 2.45) is 5.28 Å². The number of hydrogen-bond acceptors (Lipinski definition) is 10. The molecule has 1 aromatic heterocycles. The molecule has 0 saturated heterocycles. The third kappa shape index (κ3) is 9.56. The predicted molar refractivity (Wildman–Crippen MR) is 151 cm³/mol. The molecule has 1 atom stereocenters. The van der Waals surface area contributed by atoms with E-state index in [0.717, 1.165) is 33.5 Å². The zero-order chi connectivity index (χ0) is 33.4. The highest BCUT2D eigenvalue weighted by Crippen LogP contribution is 2.33. The summed E-state index contributed by atoms with van der Waals surface area (Å²) in [4.78, 5) is 27.9. The van der Waals surface area contributed by atoms with Gasteiger partial charge in [0.15, 0.2) is 5.69 Å². The number of sulfonamides is 1. The van der Waals surface area contributed by atoms with Crippen LogP contribution in [0.2, 0.25) is 0 Å². The van der Waals surface area contributed by atoms with Crippen molar-refractivity contribution in [2.75, 3.05) is 19.7 Å². The molecule has 1 unspecified atom stereocenters. The average Bonchev–Trinajstić information content (AvgIpc) is 3.45. The molecule has 0 aliphatic carbocycles. The molecule has 14 nitrogen and oxygen atoms in total. The van der Waals surface area contributed by atoms with Gasteiger partial charge in [-0.25, -0.2) is 22.6 Å². The normalized spacial score (nSPS) is 12.7. The summed E-state index contributed by atoms with van der Waals surface area (Å²) in [6, 6.07) is 12.3. The van der Waals surface area contributed by atoms with Gasteiger partial charge >= 0.3 is 18.2 Å². The van der Waals surface area contributed by atoms with E-state index in [1.807, 2.05) is 6.92 Å². The number of hydrogen-bond donors (Lipinski definition) is 1. The van der Waals surface area contributed by atoms with E-state index < -0.39 is 46.9 Å². The molecular formula is C27H31F3N6O8S. The second-order valence-corrected chi connectivity index (χ2v) is 11.0. The minimum absolute atomic E-state index is 0.0529. The number of esters is 1. The first-order valence-electron chi connectivity index (χ1n) is 13.5. The molecule has 0 radical (unpaired) electrons. The van der Waals surface area contributed by atoms with E-state index in [1.165, 1.54) is 19.1 Å². The van der Waals surface area contributed by atoms with Gasteiger partial charge in [-0.05, 0) is 44.2 Å². The molecule has 0 aliphatic heterocycles. The number of halogens is 3. The highest BCUT2D eigenvalue weighted by Gasteiger charge is 2.35. The maximum atomic E-state index is 13.5. The molecule has 244 valence electrons. The van der Waals surface area contributed by atoms with Gasteiger partial charge in [-0.1, -0.05) is 36.8 Å². The second-order valence-electron chi connectivity index (χ2n) is 9.32. The number of carbonyl (C=O) groups is 2. The van der Waals surface area contributed by atoms with Crippen LogP contribution < -0.4 is 4.72 Å². The van der Waals surface area contributed by atoms with Crippen LogP contribution in [0.3, 0.4) is 0 Å². The van der Waals surface area contributed by atoms with Crippen LogP contribution in [-0.2, 0) is 35.3 Å². The Bertz CT molecular complexity index is 1610. The summed E-state index contributed by atoms with van der Waals surface area (Å²) >= 11 is 0. The maximum Gasteiger partial charge on any atom is 0.435 e. The molecule has 0 bridgehead atoms. The number of nitrogens with one attached hydrogen (secondary N) is 1. The first-order chi connectivity index (χ1) is 21.1. The molecule has 0 saturated carbocycles. The van der Waals surface area contributed by atoms with E-state index in [2.05, 4.69) is 10.4 Å². The standard InChI is InChI=1S/C27H31F3N6O8S/c1-5-25(37)43-19(4)44-33-36(39)34(6-2)15-16-42-26(38)32-45(40,41)22-13-11-21(12-14-22)35-23(17-24(31-35)27(28,29)30)20-9-7-18(3)8-10-20/h7-14,17,19H,5-6,15-16H2,1-4H3,(H,32,38)/b36-33-. The number of hydrazine groups is 1. The zero-order valence-electron chi connectivity index (χ0n) is 24.6. The lowest BCUT2D eigenvalue weighted by Gasteiger charge is -2.17. The number of likely N-dealkylation sites (N-methyl/N-ethyl adjacent to an activating group) is 1. The fourth-order valence-electron chi connectivity index (χ4n) is 3.67. The van der Waals surface area contributed by atoms with Crippen molar-refractivity contribution in [1.29, 1.82) is 0 Å². The molecule has 0 fully saturated rings. The van der Waals surface area contributed by atoms with Gasteiger partial charge in [-0.2, -0.15) is 18.3 Å². The Labute approximate surface area is 256 Å². The molecule has 18 heteroatoms. The summed E-state index contributed by atoms with van der Waals surface area (Å²) in [6.07, 6.45) is -7.08. The molecular weight excluding hydrogens is 625 g/mol. The molecule has 45 heavy (non-hydrogen) atoms. The van der Waals surface area contributed by atoms with Gasteiger partial charge in [0, 0.05) is 18.9 Å². The number of carbonyl (C=O) groups excluding carboxylic acids is 2. The SMILES string of the molecule is CCC(=O)OC(C)O/N=[N+](\[O-])N(CC)CCOC(=O)NS(=O)(=O)c1ccc(-n2nc(C(F)(F)F)cc2-c2ccc(C)cc2)cc1. The van der Waals surface area contributed by atoms with E-state index in [1.54, 1.807) is 42.8 Å². The summed E-state index contributed by atoms with van der Waals surface area (Å²) in [6.45, 7) is 5.82. The van der Waals surface area contributed by atoms with Crippen molar-refractivity contribution in [3.8, 4) is 16.9 Å². The average molecular weight is 657 g/mol. The topological polar surface area (TPSA) is 167 Å². The smallest absolute Gasteiger partial charge is 0.435 e. The first-order valence-corrected chi connectivity index (χ1v) is 15.0. The van der Waals surface area contributed by atoms with Crippen molar-refractivity contribution in [2.45, 2.75) is 51.5 Å². The van der Waals surface area contributed by atoms with Gasteiger partial charge in [-0.15, -0.1) is 5.01 Å². The van der Waals surface area contributed by atoms with E-state index in [-0.39, 0.29) is 40.8 Å². The third-order valence-electron chi connectivity index (χ3n) is 6.00. The van der Waals surface area contributed by atoms with Crippen molar-refractivity contribution in [3.63, 3.8) is 0 Å². The monoisotopic (exact) mass is 656 g/mol. The van der Waals surface area contributed by atoms with Gasteiger partial charge in [0.25, 0.3) is 16.3 Å². The maximum absolute atomic E-state index is 13.5. The number of aromatic nitrogens is 2. The summed E-state index contributed by atoms with van der Waals surface area (Å²) in [7, 11) is -4.45. The zero-order valence-corrected chi connectivity index (χ0v) is 25.5. The van der Waals surface area contributed by atoms with Crippen molar-refractivity contribution in [3.05, 3.63) is 71.1 Å². The Morgan fingerprint density at radius 2 is 1.78 bits per heavy atom. The number of benzene rings is 2. The Kier molecular flexibility index (Phi) is 11.3. The van der Waals surface area contributed by atoms with Gasteiger partial charge in [0.2, 0.25) is 5.28 Å². The third-order valence-corrected chi connectivity index (χ3v) is 7.33. The lowest BCUT2D eigenvalue weighted by atomic mass is 10.1. The fraction of sp³-hybridized carbons (Fsp3) is 0.370. The van der Waals surface area contributed by atoms with E-state index in [9.17, 15) is 36.4 Å². The molecule has 1 heterocycles. The van der Waals surface area contributed by atoms with Crippen LogP contribution >= 0.6 is 0 Å². The largest absolute Gasteiger partial charge is 0.569 e. The van der Waals surface area contributed by atoms with E-state index in [0.29, 0.717) is 5.56 Å². The molecule has 1 N–H and O–H groups in total. The quantitative estimate of drug-likeness (QED) is 0.0894. The Hall–Kier alpha value is -4.87. The van der Waals surface area contributed by atoms with Gasteiger partial charge in [-0.3, -0.25) is 9.63 Å². The van der Waals surface area contributed by atoms with Crippen LogP contribution in [0.15, 0.2) is 64.8 Å². The van der Waals surface area contributed by atoms with Crippen LogP contribution in [0.1, 0.15) is 38.4 Å². The number of rotatable bonds is 13. The highest BCUT2D eigenvalue weighted by molar-refractivity contribution is 7.90. The van der Waals surface area contributed by atoms with Crippen molar-refractivity contribution in [1.82, 2.24) is 19.5 Å². The number of nitrogens with zero attached hydrogens (tertiary/aromatic N) is 5. The Balaban J connectivity index is 1.65. The van der Waals surface area contributed by atoms with Crippen LogP contribution in [0.4, 0.5) is 18.0 Å². The van der Waals surface area contributed by atoms with Crippen molar-refractivity contribution >= 4 is 22.1 Å². The highest BCUT2D eigenvalue weighted by atomic mass is 32.2. The molecule has 2 aromatic carbocycles. The molecule has 0 aliphatic rings. The molecule has 3 rings (SSSR count). The Morgan fingerprint density at radius 3 is 2.36 bits per heavy atom. The number of aryl methyl sites for hydroxylation is 1. The predicted octanol–water partition coefficient (Wildman–Crippen LogP) is 4.71. The van der Waals surface area contributed by atoms with Gasteiger partial charge in [0.05, 0.1) is 27.8 Å². The first kappa shape index (κ1) is 34.6. The molecule has 1 amide bonds. The summed E-state index contributed by atoms with van der Waals surface area (Å²) in [5.74, 6) is -0.558. The van der Waals surface area contributed by atoms with Crippen LogP contribution in [0.5, 0.6) is 0 Å². The Morgan fingerprint density at radius 1 is 1.13 bits per heavy atom. The van der Waals surface area contributed by atoms with Crippen LogP contribution in [0.25, 0.3) is 16.9 Å². The van der Waals surface area contributed by atoms with Crippen LogP contribution in [0, 0.1) is 12.1 Å². The number of ether oxygens (including phenoxy) is 2. The number of alkyl halides is 3. The lowest BCUT2D eigenvalue weighted by molar-refractivity contribution is -0.712. The summed E-state index contributed by atoms with van der Waals surface area (Å²) in [5, 5.41) is 20.1. The fourth-order valence-corrected chi connectivity index (χ4v) is 4.56. The summed E-state index contributed by atoms with van der Waals surface area (Å²) in [5.41, 5.74) is 0.497. The van der Waals surface area contributed by atoms with Gasteiger partial charge < -0.3 is 14.7 Å². The number of amides is 1. The minimum atomic E-state index is -4.72. The van der Waals surface area contributed by atoms with Crippen LogP contribution in [-0.4, -0.2) is 66.2 Å². The summed E-state index contributed by atoms with van der Waals surface area (Å²) < 4.78 is 78.3. The van der Waals surface area contributed by atoms with Crippen molar-refractivity contribution < 1.29 is 50.5 Å².